The van der Waals surface area contributed by atoms with Crippen LogP contribution in [0.4, 0.5) is 0 Å². The van der Waals surface area contributed by atoms with Crippen molar-refractivity contribution < 1.29 is 9.53 Å². The van der Waals surface area contributed by atoms with Crippen LogP contribution < -0.4 is 10.4 Å². The highest BCUT2D eigenvalue weighted by molar-refractivity contribution is 7.02. The van der Waals surface area contributed by atoms with Crippen LogP contribution in [0.2, 0.25) is 5.04 Å². The van der Waals surface area contributed by atoms with Gasteiger partial charge in [0.25, 0.3) is 0 Å². The van der Waals surface area contributed by atoms with Crippen molar-refractivity contribution in [2.75, 3.05) is 32.9 Å². The van der Waals surface area contributed by atoms with E-state index in [1.54, 1.807) is 0 Å². The van der Waals surface area contributed by atoms with Gasteiger partial charge in [-0.15, -0.1) is 0 Å². The zero-order chi connectivity index (χ0) is 20.9. The molecule has 1 fully saturated rings. The number of hydrogen-bond acceptors (Lipinski definition) is 4. The minimum atomic E-state index is -2.25. The minimum Gasteiger partial charge on any atom is -0.466 e. The van der Waals surface area contributed by atoms with Crippen molar-refractivity contribution in [1.29, 1.82) is 0 Å². The first kappa shape index (κ1) is 21.7. The number of hydrogen-bond donors (Lipinski definition) is 0. The Morgan fingerprint density at radius 2 is 1.52 bits per heavy atom. The average Bonchev–Trinajstić information content (AvgIpc) is 3.17. The first-order valence-corrected chi connectivity index (χ1v) is 12.6. The molecule has 0 aromatic heterocycles. The van der Waals surface area contributed by atoms with Crippen LogP contribution >= 0.6 is 0 Å². The Morgan fingerprint density at radius 1 is 0.966 bits per heavy atom. The van der Waals surface area contributed by atoms with E-state index in [0.29, 0.717) is 13.0 Å². The van der Waals surface area contributed by atoms with Crippen molar-refractivity contribution in [3.05, 3.63) is 60.7 Å². The summed E-state index contributed by atoms with van der Waals surface area (Å²) in [6.45, 7) is 13.1. The summed E-state index contributed by atoms with van der Waals surface area (Å²) >= 11 is 0. The van der Waals surface area contributed by atoms with E-state index in [0.717, 1.165) is 26.3 Å². The van der Waals surface area contributed by atoms with Crippen LogP contribution in [0.3, 0.4) is 0 Å². The van der Waals surface area contributed by atoms with Crippen molar-refractivity contribution in [1.82, 2.24) is 9.47 Å². The van der Waals surface area contributed by atoms with Crippen LogP contribution in [-0.4, -0.2) is 56.6 Å². The molecule has 0 spiro atoms. The smallest absolute Gasteiger partial charge is 0.307 e. The predicted octanol–water partition coefficient (Wildman–Crippen LogP) is 3.07. The van der Waals surface area contributed by atoms with Crippen LogP contribution in [0, 0.1) is 0 Å². The fraction of sp³-hybridized carbons (Fsp3) is 0.458. The Hall–Kier alpha value is -1.95. The third-order valence-corrected chi connectivity index (χ3v) is 11.8. The standard InChI is InChI=1S/C24H34N2O2Si/c1-5-28-23(27)16-17-25-18-19-26(20-25)29(24(2,3)4,21-12-8-6-9-13-21)22-14-10-7-11-15-22/h6-15H,5,16-20H2,1-4H3. The first-order valence-electron chi connectivity index (χ1n) is 10.6. The molecule has 1 saturated heterocycles. The maximum atomic E-state index is 11.8. The van der Waals surface area contributed by atoms with Gasteiger partial charge in [0.2, 0.25) is 0 Å². The van der Waals surface area contributed by atoms with Crippen molar-refractivity contribution in [2.45, 2.75) is 39.2 Å². The predicted molar refractivity (Wildman–Crippen MR) is 122 cm³/mol. The summed E-state index contributed by atoms with van der Waals surface area (Å²) in [7, 11) is -2.25. The molecule has 1 aliphatic heterocycles. The highest BCUT2D eigenvalue weighted by Gasteiger charge is 2.53. The van der Waals surface area contributed by atoms with Gasteiger partial charge in [-0.1, -0.05) is 81.4 Å². The second-order valence-electron chi connectivity index (χ2n) is 8.77. The fourth-order valence-electron chi connectivity index (χ4n) is 4.81. The zero-order valence-corrected chi connectivity index (χ0v) is 19.2. The quantitative estimate of drug-likeness (QED) is 0.519. The van der Waals surface area contributed by atoms with E-state index in [9.17, 15) is 4.79 Å². The van der Waals surface area contributed by atoms with Gasteiger partial charge in [-0.2, -0.15) is 0 Å². The molecular weight excluding hydrogens is 376 g/mol. The number of carbonyl (C=O) groups is 1. The molecule has 0 saturated carbocycles. The Morgan fingerprint density at radius 3 is 2.00 bits per heavy atom. The Balaban J connectivity index is 1.96. The molecule has 4 nitrogen and oxygen atoms in total. The number of benzene rings is 2. The molecule has 0 N–H and O–H groups in total. The third-order valence-electron chi connectivity index (χ3n) is 5.94. The minimum absolute atomic E-state index is 0.101. The Bertz CT molecular complexity index is 750. The molecule has 1 heterocycles. The molecule has 0 bridgehead atoms. The topological polar surface area (TPSA) is 32.8 Å². The van der Waals surface area contributed by atoms with Crippen LogP contribution in [-0.2, 0) is 9.53 Å². The van der Waals surface area contributed by atoms with Gasteiger partial charge in [0, 0.05) is 26.3 Å². The third kappa shape index (κ3) is 4.47. The highest BCUT2D eigenvalue weighted by atomic mass is 28.3. The normalized spacial score (nSPS) is 16.1. The number of carbonyl (C=O) groups excluding carboxylic acids is 1. The average molecular weight is 411 g/mol. The SMILES string of the molecule is CCOC(=O)CCN1CCN([Si](c2ccccc2)(c2ccccc2)C(C)(C)C)C1. The lowest BCUT2D eigenvalue weighted by atomic mass is 10.2. The van der Waals surface area contributed by atoms with Crippen LogP contribution in [0.1, 0.15) is 34.1 Å². The molecule has 156 valence electrons. The lowest BCUT2D eigenvalue weighted by Crippen LogP contribution is -2.74. The number of nitrogens with zero attached hydrogens (tertiary/aromatic N) is 2. The van der Waals surface area contributed by atoms with Gasteiger partial charge in [-0.3, -0.25) is 9.69 Å². The molecule has 2 aromatic carbocycles. The van der Waals surface area contributed by atoms with Crippen LogP contribution in [0.15, 0.2) is 60.7 Å². The van der Waals surface area contributed by atoms with E-state index in [4.69, 9.17) is 4.74 Å². The molecule has 0 radical (unpaired) electrons. The summed E-state index contributed by atoms with van der Waals surface area (Å²) in [5, 5.41) is 3.00. The van der Waals surface area contributed by atoms with Gasteiger partial charge in [0.15, 0.2) is 8.24 Å². The van der Waals surface area contributed by atoms with Gasteiger partial charge in [-0.05, 0) is 22.3 Å². The second-order valence-corrected chi connectivity index (χ2v) is 13.5. The largest absolute Gasteiger partial charge is 0.466 e. The van der Waals surface area contributed by atoms with Crippen molar-refractivity contribution in [2.24, 2.45) is 0 Å². The number of rotatable bonds is 7. The van der Waals surface area contributed by atoms with E-state index in [1.165, 1.54) is 10.4 Å². The first-order chi connectivity index (χ1) is 13.9. The summed E-state index contributed by atoms with van der Waals surface area (Å²) < 4.78 is 7.84. The van der Waals surface area contributed by atoms with Crippen LogP contribution in [0.5, 0.6) is 0 Å². The summed E-state index contributed by atoms with van der Waals surface area (Å²) in [5.74, 6) is -0.101. The molecule has 1 aliphatic rings. The summed E-state index contributed by atoms with van der Waals surface area (Å²) in [6, 6.07) is 22.1. The lowest BCUT2D eigenvalue weighted by Gasteiger charge is -2.49. The molecule has 5 heteroatoms. The summed E-state index contributed by atoms with van der Waals surface area (Å²) in [5.41, 5.74) is 0. The molecule has 0 atom stereocenters. The van der Waals surface area contributed by atoms with Crippen molar-refractivity contribution in [3.8, 4) is 0 Å². The maximum Gasteiger partial charge on any atom is 0.307 e. The molecule has 2 aromatic rings. The molecule has 0 aliphatic carbocycles. The second kappa shape index (κ2) is 9.24. The molecule has 3 rings (SSSR count). The lowest BCUT2D eigenvalue weighted by molar-refractivity contribution is -0.143. The zero-order valence-electron chi connectivity index (χ0n) is 18.2. The highest BCUT2D eigenvalue weighted by Crippen LogP contribution is 2.39. The maximum absolute atomic E-state index is 11.8. The van der Waals surface area contributed by atoms with Gasteiger partial charge >= 0.3 is 5.97 Å². The van der Waals surface area contributed by atoms with E-state index < -0.39 is 8.24 Å². The van der Waals surface area contributed by atoms with Gasteiger partial charge < -0.3 is 9.30 Å². The van der Waals surface area contributed by atoms with Gasteiger partial charge in [0.1, 0.15) is 0 Å². The monoisotopic (exact) mass is 410 g/mol. The number of ether oxygens (including phenoxy) is 1. The Labute approximate surface area is 176 Å². The molecule has 29 heavy (non-hydrogen) atoms. The van der Waals surface area contributed by atoms with E-state index in [1.807, 2.05) is 6.92 Å². The Kier molecular flexibility index (Phi) is 6.93. The summed E-state index contributed by atoms with van der Waals surface area (Å²) in [6.07, 6.45) is 0.461. The van der Waals surface area contributed by atoms with Crippen molar-refractivity contribution >= 4 is 24.6 Å². The molecule has 0 amide bonds. The summed E-state index contributed by atoms with van der Waals surface area (Å²) in [4.78, 5) is 14.2. The van der Waals surface area contributed by atoms with Crippen LogP contribution in [0.25, 0.3) is 0 Å². The van der Waals surface area contributed by atoms with E-state index in [2.05, 4.69) is 90.9 Å². The number of esters is 1. The van der Waals surface area contributed by atoms with E-state index >= 15 is 0 Å². The van der Waals surface area contributed by atoms with E-state index in [-0.39, 0.29) is 11.0 Å². The van der Waals surface area contributed by atoms with Gasteiger partial charge in [0.05, 0.1) is 13.0 Å². The van der Waals surface area contributed by atoms with Crippen molar-refractivity contribution in [3.63, 3.8) is 0 Å². The molecular formula is C24H34N2O2Si. The van der Waals surface area contributed by atoms with Gasteiger partial charge in [-0.25, -0.2) is 0 Å². The fourth-order valence-corrected chi connectivity index (χ4v) is 10.8. The molecule has 0 unspecified atom stereocenters.